The van der Waals surface area contributed by atoms with E-state index in [-0.39, 0.29) is 36.3 Å². The number of ether oxygens (including phenoxy) is 6. The highest BCUT2D eigenvalue weighted by molar-refractivity contribution is 6.00. The van der Waals surface area contributed by atoms with Gasteiger partial charge < -0.3 is 33.3 Å². The number of imidazole rings is 1. The van der Waals surface area contributed by atoms with Crippen molar-refractivity contribution in [2.75, 3.05) is 21.2 Å². The van der Waals surface area contributed by atoms with E-state index in [1.807, 2.05) is 25.9 Å². The van der Waals surface area contributed by atoms with E-state index in [0.29, 0.717) is 12.0 Å². The Labute approximate surface area is 323 Å². The van der Waals surface area contributed by atoms with Gasteiger partial charge in [-0.15, -0.1) is 0 Å². The van der Waals surface area contributed by atoms with Gasteiger partial charge in [-0.1, -0.05) is 39.0 Å². The fraction of sp³-hybridized carbons (Fsp3) is 0.610. The smallest absolute Gasteiger partial charge is 0.420 e. The van der Waals surface area contributed by atoms with E-state index in [2.05, 4.69) is 4.98 Å². The summed E-state index contributed by atoms with van der Waals surface area (Å²) < 4.78 is 38.5. The van der Waals surface area contributed by atoms with Crippen LogP contribution < -0.4 is 0 Å². The molecule has 302 valence electrons. The Bertz CT molecular complexity index is 1700. The van der Waals surface area contributed by atoms with Crippen LogP contribution in [-0.2, 0) is 42.8 Å². The molecule has 14 heteroatoms. The first kappa shape index (κ1) is 43.5. The van der Waals surface area contributed by atoms with Crippen molar-refractivity contribution in [1.29, 1.82) is 0 Å². The summed E-state index contributed by atoms with van der Waals surface area (Å²) in [5.41, 5.74) is -2.32. The molecule has 0 bridgehead atoms. The Hall–Kier alpha value is -4.24. The van der Waals surface area contributed by atoms with Crippen LogP contribution in [-0.4, -0.2) is 113 Å². The zero-order chi connectivity index (χ0) is 40.8. The number of aromatic nitrogens is 2. The van der Waals surface area contributed by atoms with Crippen molar-refractivity contribution >= 4 is 29.6 Å². The van der Waals surface area contributed by atoms with Gasteiger partial charge in [0.2, 0.25) is 0 Å². The average molecular weight is 768 g/mol. The topological polar surface area (TPSA) is 162 Å². The molecule has 0 amide bonds. The second-order valence-corrected chi connectivity index (χ2v) is 15.5. The van der Waals surface area contributed by atoms with Gasteiger partial charge in [0.25, 0.3) is 0 Å². The van der Waals surface area contributed by atoms with Gasteiger partial charge in [0, 0.05) is 31.3 Å². The molecule has 0 N–H and O–H groups in total. The number of likely N-dealkylation sites (N-methyl/N-ethyl adjacent to an activating group) is 1. The highest BCUT2D eigenvalue weighted by Crippen LogP contribution is 2.38. The van der Waals surface area contributed by atoms with Gasteiger partial charge in [0.05, 0.1) is 29.4 Å². The lowest BCUT2D eigenvalue weighted by atomic mass is 9.77. The molecule has 2 aliphatic rings. The van der Waals surface area contributed by atoms with Gasteiger partial charge in [0.1, 0.15) is 18.3 Å². The summed E-state index contributed by atoms with van der Waals surface area (Å²) in [6, 6.07) is 8.25. The van der Waals surface area contributed by atoms with Crippen molar-refractivity contribution in [1.82, 2.24) is 14.5 Å². The van der Waals surface area contributed by atoms with Crippen molar-refractivity contribution in [2.24, 2.45) is 17.8 Å². The number of allylic oxidation sites excluding steroid dienone is 1. The number of Topliss-reactive ketones (excluding diaryl/α,β-unsaturated/α-hetero) is 2. The Morgan fingerprint density at radius 3 is 2.31 bits per heavy atom. The standard InChI is InChI=1S/C41H57N3O11/c1-12-31-40(7,55-39(49)44-19-18-42-23-44)21-24(2)32(45)25(3)22-41(8,50-11)35(27(5)33(46)28(6)36(47)52-31)54-38-34(30(43(9)10)20-26(4)51-38)53-37(48)29-16-14-13-15-17-29/h13-19,21,23,25-28,30-31,34-35,38H,12,20,22H2,1-11H3/b24-21-. The first-order chi connectivity index (χ1) is 25.8. The molecule has 0 saturated carbocycles. The minimum absolute atomic E-state index is 0.0746. The molecule has 2 aromatic rings. The number of methoxy groups -OCH3 is 1. The number of cyclic esters (lactones) is 1. The normalized spacial score (nSPS) is 34.9. The molecule has 0 spiro atoms. The third-order valence-corrected chi connectivity index (χ3v) is 10.9. The number of benzene rings is 1. The Balaban J connectivity index is 1.78. The number of rotatable bonds is 8. The van der Waals surface area contributed by atoms with E-state index in [1.54, 1.807) is 71.9 Å². The fourth-order valence-corrected chi connectivity index (χ4v) is 7.68. The van der Waals surface area contributed by atoms with E-state index in [4.69, 9.17) is 28.4 Å². The van der Waals surface area contributed by atoms with E-state index in [0.717, 1.165) is 4.57 Å². The van der Waals surface area contributed by atoms with Crippen molar-refractivity contribution in [3.8, 4) is 0 Å². The minimum Gasteiger partial charge on any atom is -0.457 e. The lowest BCUT2D eigenvalue weighted by molar-refractivity contribution is -0.294. The third-order valence-electron chi connectivity index (χ3n) is 10.9. The largest absolute Gasteiger partial charge is 0.457 e. The Morgan fingerprint density at radius 2 is 1.73 bits per heavy atom. The summed E-state index contributed by atoms with van der Waals surface area (Å²) in [6.45, 7) is 13.4. The highest BCUT2D eigenvalue weighted by Gasteiger charge is 2.51. The molecule has 55 heavy (non-hydrogen) atoms. The molecule has 1 saturated heterocycles. The number of esters is 2. The van der Waals surface area contributed by atoms with E-state index >= 15 is 0 Å². The zero-order valence-corrected chi connectivity index (χ0v) is 33.8. The fourth-order valence-electron chi connectivity index (χ4n) is 7.68. The maximum atomic E-state index is 14.4. The second kappa shape index (κ2) is 18.1. The number of hydrogen-bond acceptors (Lipinski definition) is 13. The molecule has 2 aliphatic heterocycles. The van der Waals surface area contributed by atoms with Crippen molar-refractivity contribution in [3.63, 3.8) is 0 Å². The summed E-state index contributed by atoms with van der Waals surface area (Å²) >= 11 is 0. The Kier molecular flexibility index (Phi) is 14.3. The molecule has 1 fully saturated rings. The summed E-state index contributed by atoms with van der Waals surface area (Å²) in [5.74, 6) is -5.23. The monoisotopic (exact) mass is 767 g/mol. The minimum atomic E-state index is -1.61. The van der Waals surface area contributed by atoms with Gasteiger partial charge >= 0.3 is 18.0 Å². The second-order valence-electron chi connectivity index (χ2n) is 15.5. The number of carbonyl (C=O) groups is 5. The lowest BCUT2D eigenvalue weighted by Gasteiger charge is -2.47. The number of ketones is 2. The average Bonchev–Trinajstić information content (AvgIpc) is 3.70. The molecule has 1 aromatic heterocycles. The molecule has 11 atom stereocenters. The van der Waals surface area contributed by atoms with Crippen LogP contribution in [0.15, 0.2) is 60.7 Å². The van der Waals surface area contributed by atoms with Gasteiger partial charge in [-0.3, -0.25) is 14.4 Å². The molecule has 4 rings (SSSR count). The van der Waals surface area contributed by atoms with Crippen LogP contribution in [0, 0.1) is 17.8 Å². The van der Waals surface area contributed by atoms with Crippen LogP contribution >= 0.6 is 0 Å². The quantitative estimate of drug-likeness (QED) is 0.190. The first-order valence-electron chi connectivity index (χ1n) is 18.8. The van der Waals surface area contributed by atoms with Gasteiger partial charge in [-0.2, -0.15) is 0 Å². The van der Waals surface area contributed by atoms with Crippen LogP contribution in [0.1, 0.15) is 85.0 Å². The molecule has 11 unspecified atom stereocenters. The van der Waals surface area contributed by atoms with Crippen LogP contribution in [0.3, 0.4) is 0 Å². The maximum absolute atomic E-state index is 14.4. The Morgan fingerprint density at radius 1 is 1.05 bits per heavy atom. The highest BCUT2D eigenvalue weighted by atomic mass is 16.7. The molecular formula is C41H57N3O11. The van der Waals surface area contributed by atoms with Gasteiger partial charge in [0.15, 0.2) is 29.6 Å². The van der Waals surface area contributed by atoms with Crippen molar-refractivity contribution in [2.45, 2.75) is 123 Å². The van der Waals surface area contributed by atoms with E-state index in [1.165, 1.54) is 38.8 Å². The van der Waals surface area contributed by atoms with Crippen LogP contribution in [0.25, 0.3) is 0 Å². The predicted octanol–water partition coefficient (Wildman–Crippen LogP) is 5.43. The summed E-state index contributed by atoms with van der Waals surface area (Å²) in [5, 5.41) is 0. The van der Waals surface area contributed by atoms with Crippen LogP contribution in [0.4, 0.5) is 4.79 Å². The summed E-state index contributed by atoms with van der Waals surface area (Å²) in [6.07, 6.45) is 0.963. The number of hydrogen-bond donors (Lipinski definition) is 0. The SMILES string of the molecule is CCC1OC(=O)C(C)C(=O)C(C)C(OC2OC(C)CC(N(C)C)C2OC(=O)c2ccccc2)C(C)(OC)CC(C)C(=O)/C(C)=C\C1(C)OC(=O)n1ccnc1. The first-order valence-corrected chi connectivity index (χ1v) is 18.8. The molecular weight excluding hydrogens is 710 g/mol. The molecule has 0 aliphatic carbocycles. The zero-order valence-electron chi connectivity index (χ0n) is 33.8. The van der Waals surface area contributed by atoms with Crippen LogP contribution in [0.5, 0.6) is 0 Å². The van der Waals surface area contributed by atoms with Gasteiger partial charge in [-0.05, 0) is 91.8 Å². The molecule has 3 heterocycles. The van der Waals surface area contributed by atoms with E-state index < -0.39 is 77.4 Å². The summed E-state index contributed by atoms with van der Waals surface area (Å²) in [7, 11) is 5.21. The maximum Gasteiger partial charge on any atom is 0.420 e. The van der Waals surface area contributed by atoms with Gasteiger partial charge in [-0.25, -0.2) is 19.1 Å². The summed E-state index contributed by atoms with van der Waals surface area (Å²) in [4.78, 5) is 74.9. The lowest BCUT2D eigenvalue weighted by Crippen LogP contribution is -2.60. The van der Waals surface area contributed by atoms with Crippen molar-refractivity contribution < 1.29 is 52.4 Å². The van der Waals surface area contributed by atoms with Crippen molar-refractivity contribution in [3.05, 3.63) is 66.3 Å². The molecule has 1 aromatic carbocycles. The number of nitrogens with zero attached hydrogens (tertiary/aromatic N) is 3. The molecule has 0 radical (unpaired) electrons. The van der Waals surface area contributed by atoms with Crippen LogP contribution in [0.2, 0.25) is 0 Å². The van der Waals surface area contributed by atoms with E-state index in [9.17, 15) is 24.0 Å². The molecule has 14 nitrogen and oxygen atoms in total. The number of carbonyl (C=O) groups excluding carboxylic acids is 5. The predicted molar refractivity (Wildman–Crippen MR) is 201 cm³/mol. The third kappa shape index (κ3) is 9.96.